The highest BCUT2D eigenvalue weighted by Gasteiger charge is 2.30. The van der Waals surface area contributed by atoms with Gasteiger partial charge in [-0.25, -0.2) is 4.39 Å². The molecule has 0 aromatic heterocycles. The van der Waals surface area contributed by atoms with Crippen molar-refractivity contribution in [2.45, 2.75) is 25.7 Å². The monoisotopic (exact) mass is 210 g/mol. The normalized spacial score (nSPS) is 14.9. The van der Waals surface area contributed by atoms with E-state index in [0.717, 1.165) is 17.7 Å². The van der Waals surface area contributed by atoms with Crippen molar-refractivity contribution in [1.29, 1.82) is 0 Å². The van der Waals surface area contributed by atoms with Gasteiger partial charge in [0.15, 0.2) is 0 Å². The third-order valence-electron chi connectivity index (χ3n) is 2.90. The lowest BCUT2D eigenvalue weighted by Gasteiger charge is -2.25. The van der Waals surface area contributed by atoms with E-state index >= 15 is 0 Å². The number of fused-ring (bicyclic) bond motifs is 1. The number of benzene rings is 1. The molecule has 15 heavy (non-hydrogen) atoms. The number of rotatable bonds is 2. The third kappa shape index (κ3) is 1.61. The largest absolute Gasteiger partial charge is 0.493 e. The molecule has 0 atom stereocenters. The van der Waals surface area contributed by atoms with Crippen molar-refractivity contribution in [3.05, 3.63) is 29.1 Å². The van der Waals surface area contributed by atoms with E-state index in [2.05, 4.69) is 0 Å². The van der Waals surface area contributed by atoms with Crippen molar-refractivity contribution in [2.75, 3.05) is 13.2 Å². The molecule has 82 valence electrons. The van der Waals surface area contributed by atoms with E-state index in [1.807, 2.05) is 13.8 Å². The van der Waals surface area contributed by atoms with E-state index in [1.54, 1.807) is 6.07 Å². The molecule has 0 bridgehead atoms. The highest BCUT2D eigenvalue weighted by Crippen LogP contribution is 2.37. The summed E-state index contributed by atoms with van der Waals surface area (Å²) < 4.78 is 19.1. The van der Waals surface area contributed by atoms with Gasteiger partial charge in [0.2, 0.25) is 0 Å². The summed E-state index contributed by atoms with van der Waals surface area (Å²) in [5, 5.41) is 9.30. The maximum atomic E-state index is 13.8. The van der Waals surface area contributed by atoms with Crippen LogP contribution in [0, 0.1) is 5.82 Å². The van der Waals surface area contributed by atoms with Gasteiger partial charge in [-0.05, 0) is 12.1 Å². The van der Waals surface area contributed by atoms with Gasteiger partial charge in [-0.1, -0.05) is 13.8 Å². The summed E-state index contributed by atoms with van der Waals surface area (Å²) in [4.78, 5) is 0. The number of ether oxygens (including phenoxy) is 1. The first kappa shape index (κ1) is 10.4. The molecule has 0 radical (unpaired) electrons. The van der Waals surface area contributed by atoms with Gasteiger partial charge in [0.25, 0.3) is 0 Å². The molecule has 2 rings (SSSR count). The van der Waals surface area contributed by atoms with E-state index in [9.17, 15) is 9.50 Å². The zero-order valence-electron chi connectivity index (χ0n) is 9.01. The summed E-state index contributed by atoms with van der Waals surface area (Å²) in [5.74, 6) is 0.506. The topological polar surface area (TPSA) is 29.5 Å². The minimum atomic E-state index is -0.552. The summed E-state index contributed by atoms with van der Waals surface area (Å²) in [6.07, 6.45) is 0.728. The van der Waals surface area contributed by atoms with Gasteiger partial charge in [-0.3, -0.25) is 0 Å². The first-order chi connectivity index (χ1) is 7.06. The average Bonchev–Trinajstić information content (AvgIpc) is 2.64. The molecule has 2 nitrogen and oxygen atoms in total. The molecule has 0 aliphatic carbocycles. The lowest BCUT2D eigenvalue weighted by molar-refractivity contribution is 0.214. The second-order valence-electron chi connectivity index (χ2n) is 4.54. The van der Waals surface area contributed by atoms with Crippen molar-refractivity contribution in [2.24, 2.45) is 0 Å². The van der Waals surface area contributed by atoms with Crippen LogP contribution in [-0.4, -0.2) is 18.3 Å². The highest BCUT2D eigenvalue weighted by molar-refractivity contribution is 5.46. The lowest BCUT2D eigenvalue weighted by Crippen LogP contribution is -2.25. The molecular formula is C12H15FO2. The van der Waals surface area contributed by atoms with E-state index in [0.29, 0.717) is 12.2 Å². The highest BCUT2D eigenvalue weighted by atomic mass is 19.1. The van der Waals surface area contributed by atoms with Crippen LogP contribution in [0.4, 0.5) is 4.39 Å². The molecule has 1 N–H and O–H groups in total. The molecule has 1 aliphatic heterocycles. The van der Waals surface area contributed by atoms with Gasteiger partial charge in [-0.15, -0.1) is 0 Å². The van der Waals surface area contributed by atoms with Crippen LogP contribution in [0.1, 0.15) is 25.0 Å². The van der Waals surface area contributed by atoms with Crippen molar-refractivity contribution < 1.29 is 14.2 Å². The smallest absolute Gasteiger partial charge is 0.127 e. The maximum absolute atomic E-state index is 13.8. The van der Waals surface area contributed by atoms with Crippen LogP contribution >= 0.6 is 0 Å². The van der Waals surface area contributed by atoms with Crippen molar-refractivity contribution >= 4 is 0 Å². The molecule has 0 fully saturated rings. The maximum Gasteiger partial charge on any atom is 0.127 e. The summed E-state index contributed by atoms with van der Waals surface area (Å²) in [6.45, 7) is 4.21. The summed E-state index contributed by atoms with van der Waals surface area (Å²) in [6, 6.07) is 3.07. The molecule has 0 saturated heterocycles. The fourth-order valence-corrected chi connectivity index (χ4v) is 2.06. The Morgan fingerprint density at radius 2 is 2.20 bits per heavy atom. The first-order valence-corrected chi connectivity index (χ1v) is 5.12. The Balaban J connectivity index is 2.60. The summed E-state index contributed by atoms with van der Waals surface area (Å²) in [5.41, 5.74) is 0.956. The van der Waals surface area contributed by atoms with Gasteiger partial charge < -0.3 is 9.84 Å². The summed E-state index contributed by atoms with van der Waals surface area (Å²) in [7, 11) is 0. The number of aliphatic hydroxyl groups excluding tert-OH is 1. The molecule has 1 heterocycles. The number of hydrogen-bond acceptors (Lipinski definition) is 2. The number of hydrogen-bond donors (Lipinski definition) is 1. The Labute approximate surface area is 88.7 Å². The lowest BCUT2D eigenvalue weighted by atomic mass is 9.81. The molecule has 1 aromatic rings. The predicted molar refractivity (Wildman–Crippen MR) is 55.7 cm³/mol. The third-order valence-corrected chi connectivity index (χ3v) is 2.90. The van der Waals surface area contributed by atoms with E-state index in [-0.39, 0.29) is 12.4 Å². The SMILES string of the molecule is CC(C)(CO)c1c(F)ccc2c1CCO2. The molecule has 1 aromatic carbocycles. The van der Waals surface area contributed by atoms with Gasteiger partial charge in [0.1, 0.15) is 11.6 Å². The molecule has 0 amide bonds. The quantitative estimate of drug-likeness (QED) is 0.809. The van der Waals surface area contributed by atoms with Crippen LogP contribution in [0.5, 0.6) is 5.75 Å². The predicted octanol–water partition coefficient (Wildman–Crippen LogP) is 2.03. The van der Waals surface area contributed by atoms with Gasteiger partial charge in [-0.2, -0.15) is 0 Å². The summed E-state index contributed by atoms with van der Waals surface area (Å²) >= 11 is 0. The van der Waals surface area contributed by atoms with Crippen molar-refractivity contribution in [1.82, 2.24) is 0 Å². The Hall–Kier alpha value is -1.09. The molecular weight excluding hydrogens is 195 g/mol. The zero-order valence-corrected chi connectivity index (χ0v) is 9.01. The number of halogens is 1. The fourth-order valence-electron chi connectivity index (χ4n) is 2.06. The molecule has 0 spiro atoms. The minimum absolute atomic E-state index is 0.0691. The molecule has 0 saturated carbocycles. The van der Waals surface area contributed by atoms with Crippen LogP contribution < -0.4 is 4.74 Å². The fraction of sp³-hybridized carbons (Fsp3) is 0.500. The minimum Gasteiger partial charge on any atom is -0.493 e. The van der Waals surface area contributed by atoms with Crippen LogP contribution in [-0.2, 0) is 11.8 Å². The van der Waals surface area contributed by atoms with Crippen LogP contribution in [0.15, 0.2) is 12.1 Å². The molecule has 0 unspecified atom stereocenters. The second-order valence-corrected chi connectivity index (χ2v) is 4.54. The van der Waals surface area contributed by atoms with Crippen molar-refractivity contribution in [3.63, 3.8) is 0 Å². The Morgan fingerprint density at radius 1 is 1.47 bits per heavy atom. The molecule has 1 aliphatic rings. The van der Waals surface area contributed by atoms with Gasteiger partial charge >= 0.3 is 0 Å². The average molecular weight is 210 g/mol. The second kappa shape index (κ2) is 3.49. The standard InChI is InChI=1S/C12H15FO2/c1-12(2,7-14)11-8-5-6-15-10(8)4-3-9(11)13/h3-4,14H,5-7H2,1-2H3. The van der Waals surface area contributed by atoms with Crippen LogP contribution in [0.3, 0.4) is 0 Å². The molecule has 3 heteroatoms. The Kier molecular flexibility index (Phi) is 2.43. The van der Waals surface area contributed by atoms with E-state index < -0.39 is 5.41 Å². The zero-order chi connectivity index (χ0) is 11.1. The van der Waals surface area contributed by atoms with E-state index in [1.165, 1.54) is 6.07 Å². The number of aliphatic hydroxyl groups is 1. The van der Waals surface area contributed by atoms with Gasteiger partial charge in [0, 0.05) is 23.0 Å². The van der Waals surface area contributed by atoms with Gasteiger partial charge in [0.05, 0.1) is 13.2 Å². The van der Waals surface area contributed by atoms with Crippen LogP contribution in [0.2, 0.25) is 0 Å². The Bertz CT molecular complexity index is 385. The van der Waals surface area contributed by atoms with Crippen molar-refractivity contribution in [3.8, 4) is 5.75 Å². The van der Waals surface area contributed by atoms with E-state index in [4.69, 9.17) is 4.74 Å². The first-order valence-electron chi connectivity index (χ1n) is 5.12. The van der Waals surface area contributed by atoms with Crippen LogP contribution in [0.25, 0.3) is 0 Å². The Morgan fingerprint density at radius 3 is 2.87 bits per heavy atom.